The predicted octanol–water partition coefficient (Wildman–Crippen LogP) is 2.05. The summed E-state index contributed by atoms with van der Waals surface area (Å²) in [6, 6.07) is 8.93. The summed E-state index contributed by atoms with van der Waals surface area (Å²) in [6.45, 7) is 1.96. The van der Waals surface area contributed by atoms with Crippen molar-refractivity contribution in [2.75, 3.05) is 0 Å². The van der Waals surface area contributed by atoms with Crippen LogP contribution in [0.25, 0.3) is 11.0 Å². The topological polar surface area (TPSA) is 75.7 Å². The summed E-state index contributed by atoms with van der Waals surface area (Å²) in [6.07, 6.45) is 3.12. The number of hydrogen-bond donors (Lipinski definition) is 1. The lowest BCUT2D eigenvalue weighted by molar-refractivity contribution is 0.0991. The molecule has 0 aliphatic carbocycles. The van der Waals surface area contributed by atoms with Gasteiger partial charge >= 0.3 is 0 Å². The standard InChI is InChI=1S/C16H13N3O2/c1-10-2-4-11(5-3-10)15(20)8-13-16(21)19-12-6-7-17-9-14(12)18-13/h2-7,9H,8H2,1H3,(H,19,21). The maximum absolute atomic E-state index is 12.2. The van der Waals surface area contributed by atoms with Crippen molar-refractivity contribution in [2.45, 2.75) is 13.3 Å². The molecule has 1 aromatic carbocycles. The summed E-state index contributed by atoms with van der Waals surface area (Å²) >= 11 is 0. The second kappa shape index (κ2) is 5.28. The van der Waals surface area contributed by atoms with Gasteiger partial charge in [-0.05, 0) is 13.0 Å². The molecule has 2 heterocycles. The average molecular weight is 279 g/mol. The van der Waals surface area contributed by atoms with Crippen LogP contribution in [-0.2, 0) is 6.42 Å². The van der Waals surface area contributed by atoms with Gasteiger partial charge in [0.2, 0.25) is 0 Å². The van der Waals surface area contributed by atoms with E-state index in [1.807, 2.05) is 19.1 Å². The molecule has 0 saturated carbocycles. The summed E-state index contributed by atoms with van der Waals surface area (Å²) in [5, 5.41) is 0. The van der Waals surface area contributed by atoms with Crippen LogP contribution in [0.4, 0.5) is 0 Å². The molecule has 0 amide bonds. The molecule has 5 nitrogen and oxygen atoms in total. The molecule has 0 spiro atoms. The van der Waals surface area contributed by atoms with Gasteiger partial charge in [0.1, 0.15) is 11.2 Å². The van der Waals surface area contributed by atoms with Gasteiger partial charge in [0, 0.05) is 11.8 Å². The van der Waals surface area contributed by atoms with E-state index in [1.54, 1.807) is 30.6 Å². The Morgan fingerprint density at radius 2 is 1.95 bits per heavy atom. The summed E-state index contributed by atoms with van der Waals surface area (Å²) in [7, 11) is 0. The zero-order valence-corrected chi connectivity index (χ0v) is 11.5. The number of nitrogens with zero attached hydrogens (tertiary/aromatic N) is 2. The highest BCUT2D eigenvalue weighted by Crippen LogP contribution is 2.08. The molecule has 104 valence electrons. The van der Waals surface area contributed by atoms with E-state index in [2.05, 4.69) is 15.0 Å². The van der Waals surface area contributed by atoms with Gasteiger partial charge in [-0.1, -0.05) is 29.8 Å². The van der Waals surface area contributed by atoms with Gasteiger partial charge in [0.25, 0.3) is 5.56 Å². The number of hydrogen-bond acceptors (Lipinski definition) is 4. The number of carbonyl (C=O) groups is 1. The Kier molecular flexibility index (Phi) is 3.31. The third-order valence-electron chi connectivity index (χ3n) is 3.27. The Hall–Kier alpha value is -2.82. The fraction of sp³-hybridized carbons (Fsp3) is 0.125. The molecule has 0 aliphatic rings. The highest BCUT2D eigenvalue weighted by molar-refractivity contribution is 5.97. The number of aromatic amines is 1. The summed E-state index contributed by atoms with van der Waals surface area (Å²) < 4.78 is 0. The number of aromatic nitrogens is 3. The summed E-state index contributed by atoms with van der Waals surface area (Å²) in [5.74, 6) is -0.128. The molecule has 0 atom stereocenters. The van der Waals surface area contributed by atoms with Crippen molar-refractivity contribution in [3.8, 4) is 0 Å². The maximum atomic E-state index is 12.2. The average Bonchev–Trinajstić information content (AvgIpc) is 2.48. The second-order valence-electron chi connectivity index (χ2n) is 4.87. The van der Waals surface area contributed by atoms with E-state index in [4.69, 9.17) is 0 Å². The van der Waals surface area contributed by atoms with E-state index in [0.717, 1.165) is 5.56 Å². The zero-order chi connectivity index (χ0) is 14.8. The normalized spacial score (nSPS) is 10.7. The van der Waals surface area contributed by atoms with E-state index < -0.39 is 0 Å². The van der Waals surface area contributed by atoms with E-state index in [-0.39, 0.29) is 23.5 Å². The Labute approximate surface area is 120 Å². The van der Waals surface area contributed by atoms with E-state index in [0.29, 0.717) is 16.6 Å². The highest BCUT2D eigenvalue weighted by atomic mass is 16.1. The van der Waals surface area contributed by atoms with Crippen molar-refractivity contribution in [1.82, 2.24) is 15.0 Å². The van der Waals surface area contributed by atoms with Crippen LogP contribution in [0.3, 0.4) is 0 Å². The van der Waals surface area contributed by atoms with E-state index in [1.165, 1.54) is 0 Å². The fourth-order valence-corrected chi connectivity index (χ4v) is 2.08. The number of fused-ring (bicyclic) bond motifs is 1. The Bertz CT molecular complexity index is 867. The van der Waals surface area contributed by atoms with Crippen molar-refractivity contribution >= 4 is 16.8 Å². The molecule has 0 fully saturated rings. The van der Waals surface area contributed by atoms with Crippen molar-refractivity contribution in [2.24, 2.45) is 0 Å². The molecule has 0 unspecified atom stereocenters. The van der Waals surface area contributed by atoms with Gasteiger partial charge < -0.3 is 4.98 Å². The number of carbonyl (C=O) groups excluding carboxylic acids is 1. The van der Waals surface area contributed by atoms with Gasteiger partial charge in [-0.25, -0.2) is 4.98 Å². The van der Waals surface area contributed by atoms with Gasteiger partial charge in [0.05, 0.1) is 18.1 Å². The Morgan fingerprint density at radius 1 is 1.19 bits per heavy atom. The number of pyridine rings is 1. The monoisotopic (exact) mass is 279 g/mol. The molecule has 2 aromatic heterocycles. The molecule has 0 saturated heterocycles. The van der Waals surface area contributed by atoms with Gasteiger partial charge in [-0.15, -0.1) is 0 Å². The minimum absolute atomic E-state index is 0.0246. The lowest BCUT2D eigenvalue weighted by Crippen LogP contribution is -2.19. The van der Waals surface area contributed by atoms with Crippen LogP contribution in [-0.4, -0.2) is 20.7 Å². The largest absolute Gasteiger partial charge is 0.319 e. The summed E-state index contributed by atoms with van der Waals surface area (Å²) in [5.41, 5.74) is 2.72. The Balaban J connectivity index is 1.94. The third-order valence-corrected chi connectivity index (χ3v) is 3.27. The zero-order valence-electron chi connectivity index (χ0n) is 11.5. The van der Waals surface area contributed by atoms with Crippen molar-refractivity contribution in [3.63, 3.8) is 0 Å². The molecule has 21 heavy (non-hydrogen) atoms. The number of nitrogens with one attached hydrogen (secondary N) is 1. The third kappa shape index (κ3) is 2.72. The first-order valence-electron chi connectivity index (χ1n) is 6.56. The van der Waals surface area contributed by atoms with Crippen molar-refractivity contribution in [1.29, 1.82) is 0 Å². The van der Waals surface area contributed by atoms with E-state index in [9.17, 15) is 9.59 Å². The Morgan fingerprint density at radius 3 is 2.71 bits per heavy atom. The molecule has 1 N–H and O–H groups in total. The maximum Gasteiger partial charge on any atom is 0.270 e. The van der Waals surface area contributed by atoms with E-state index >= 15 is 0 Å². The summed E-state index contributed by atoms with van der Waals surface area (Å²) in [4.78, 5) is 35.1. The fourth-order valence-electron chi connectivity index (χ4n) is 2.08. The number of aryl methyl sites for hydroxylation is 1. The second-order valence-corrected chi connectivity index (χ2v) is 4.87. The smallest absolute Gasteiger partial charge is 0.270 e. The van der Waals surface area contributed by atoms with Crippen LogP contribution in [0.15, 0.2) is 47.5 Å². The minimum atomic E-state index is -0.339. The number of rotatable bonds is 3. The molecule has 3 rings (SSSR count). The first-order valence-corrected chi connectivity index (χ1v) is 6.56. The van der Waals surface area contributed by atoms with Crippen LogP contribution >= 0.6 is 0 Å². The molecule has 5 heteroatoms. The van der Waals surface area contributed by atoms with Crippen molar-refractivity contribution in [3.05, 3.63) is 69.9 Å². The minimum Gasteiger partial charge on any atom is -0.319 e. The first kappa shape index (κ1) is 13.2. The number of benzene rings is 1. The van der Waals surface area contributed by atoms with Crippen LogP contribution < -0.4 is 5.56 Å². The lowest BCUT2D eigenvalue weighted by Gasteiger charge is -2.03. The molecule has 3 aromatic rings. The van der Waals surface area contributed by atoms with Crippen LogP contribution in [0.2, 0.25) is 0 Å². The van der Waals surface area contributed by atoms with Crippen LogP contribution in [0.1, 0.15) is 21.6 Å². The van der Waals surface area contributed by atoms with Gasteiger partial charge in [-0.3, -0.25) is 14.6 Å². The molecule has 0 bridgehead atoms. The number of Topliss-reactive ketones (excluding diaryl/α,β-unsaturated/α-hetero) is 1. The SMILES string of the molecule is Cc1ccc(C(=O)Cc2nc3cnccc3[nH]c2=O)cc1. The molecular formula is C16H13N3O2. The highest BCUT2D eigenvalue weighted by Gasteiger charge is 2.12. The first-order chi connectivity index (χ1) is 10.1. The molecular weight excluding hydrogens is 266 g/mol. The van der Waals surface area contributed by atoms with Crippen LogP contribution in [0, 0.1) is 6.92 Å². The van der Waals surface area contributed by atoms with Gasteiger partial charge in [0.15, 0.2) is 5.78 Å². The van der Waals surface area contributed by atoms with Crippen LogP contribution in [0.5, 0.6) is 0 Å². The predicted molar refractivity (Wildman–Crippen MR) is 79.4 cm³/mol. The van der Waals surface area contributed by atoms with Crippen molar-refractivity contribution < 1.29 is 4.79 Å². The quantitative estimate of drug-likeness (QED) is 0.744. The number of H-pyrrole nitrogens is 1. The number of ketones is 1. The lowest BCUT2D eigenvalue weighted by atomic mass is 10.1. The molecule has 0 radical (unpaired) electrons. The van der Waals surface area contributed by atoms with Gasteiger partial charge in [-0.2, -0.15) is 0 Å². The molecule has 0 aliphatic heterocycles.